The Morgan fingerprint density at radius 1 is 1.36 bits per heavy atom. The van der Waals surface area contributed by atoms with Gasteiger partial charge in [0.1, 0.15) is 0 Å². The lowest BCUT2D eigenvalue weighted by Gasteiger charge is -2.35. The SMILES string of the molecule is CCOC(=O)CC1CCCN(c2ccc(-c3cnn(C)c3CO)nc2CC)C1. The molecule has 28 heavy (non-hydrogen) atoms. The largest absolute Gasteiger partial charge is 0.466 e. The van der Waals surface area contributed by atoms with Crippen LogP contribution in [-0.2, 0) is 29.6 Å². The highest BCUT2D eigenvalue weighted by molar-refractivity contribution is 5.70. The van der Waals surface area contributed by atoms with Crippen molar-refractivity contribution in [2.24, 2.45) is 13.0 Å². The average molecular weight is 386 g/mol. The van der Waals surface area contributed by atoms with Crippen molar-refractivity contribution in [3.63, 3.8) is 0 Å². The van der Waals surface area contributed by atoms with Crippen LogP contribution in [0.3, 0.4) is 0 Å². The molecule has 0 radical (unpaired) electrons. The van der Waals surface area contributed by atoms with E-state index in [-0.39, 0.29) is 12.6 Å². The number of aliphatic hydroxyl groups excluding tert-OH is 1. The third kappa shape index (κ3) is 4.35. The van der Waals surface area contributed by atoms with Crippen molar-refractivity contribution >= 4 is 11.7 Å². The number of carbonyl (C=O) groups excluding carboxylic acids is 1. The summed E-state index contributed by atoms with van der Waals surface area (Å²) in [6.07, 6.45) is 5.16. The van der Waals surface area contributed by atoms with Gasteiger partial charge in [-0.15, -0.1) is 0 Å². The smallest absolute Gasteiger partial charge is 0.306 e. The fourth-order valence-electron chi connectivity index (χ4n) is 3.96. The van der Waals surface area contributed by atoms with Gasteiger partial charge in [-0.25, -0.2) is 0 Å². The Hall–Kier alpha value is -2.41. The third-order valence-corrected chi connectivity index (χ3v) is 5.39. The molecule has 1 aliphatic heterocycles. The molecule has 0 aromatic carbocycles. The van der Waals surface area contributed by atoms with E-state index in [4.69, 9.17) is 9.72 Å². The van der Waals surface area contributed by atoms with Crippen molar-refractivity contribution in [3.8, 4) is 11.3 Å². The second-order valence-electron chi connectivity index (χ2n) is 7.27. The molecule has 7 nitrogen and oxygen atoms in total. The number of esters is 1. The molecule has 0 aliphatic carbocycles. The molecular formula is C21H30N4O3. The lowest BCUT2D eigenvalue weighted by molar-refractivity contribution is -0.144. The number of anilines is 1. The normalized spacial score (nSPS) is 17.0. The highest BCUT2D eigenvalue weighted by Gasteiger charge is 2.25. The molecule has 1 aliphatic rings. The molecule has 0 saturated carbocycles. The molecule has 152 valence electrons. The van der Waals surface area contributed by atoms with E-state index in [9.17, 15) is 9.90 Å². The number of aromatic nitrogens is 3. The van der Waals surface area contributed by atoms with Crippen LogP contribution in [-0.4, -0.2) is 45.5 Å². The fraction of sp³-hybridized carbons (Fsp3) is 0.571. The zero-order chi connectivity index (χ0) is 20.1. The Morgan fingerprint density at radius 2 is 2.18 bits per heavy atom. The predicted molar refractivity (Wildman–Crippen MR) is 108 cm³/mol. The zero-order valence-electron chi connectivity index (χ0n) is 17.0. The molecule has 3 heterocycles. The molecule has 1 saturated heterocycles. The maximum absolute atomic E-state index is 11.9. The first-order chi connectivity index (χ1) is 13.6. The van der Waals surface area contributed by atoms with Crippen LogP contribution in [0.4, 0.5) is 5.69 Å². The molecule has 2 aromatic rings. The first kappa shape index (κ1) is 20.3. The van der Waals surface area contributed by atoms with E-state index < -0.39 is 0 Å². The quantitative estimate of drug-likeness (QED) is 0.737. The van der Waals surface area contributed by atoms with E-state index in [1.807, 2.05) is 20.0 Å². The molecule has 1 fully saturated rings. The molecule has 0 amide bonds. The van der Waals surface area contributed by atoms with Gasteiger partial charge in [-0.1, -0.05) is 6.92 Å². The van der Waals surface area contributed by atoms with E-state index >= 15 is 0 Å². The van der Waals surface area contributed by atoms with E-state index in [0.29, 0.717) is 18.9 Å². The van der Waals surface area contributed by atoms with Crippen LogP contribution in [0.25, 0.3) is 11.3 Å². The maximum atomic E-state index is 11.9. The molecular weight excluding hydrogens is 356 g/mol. The summed E-state index contributed by atoms with van der Waals surface area (Å²) in [6, 6.07) is 4.11. The molecule has 2 aromatic heterocycles. The molecule has 3 rings (SSSR count). The Kier molecular flexibility index (Phi) is 6.67. The lowest BCUT2D eigenvalue weighted by Crippen LogP contribution is -2.37. The Balaban J connectivity index is 1.81. The number of carbonyl (C=O) groups is 1. The van der Waals surface area contributed by atoms with Gasteiger partial charge in [0, 0.05) is 25.7 Å². The van der Waals surface area contributed by atoms with Gasteiger partial charge in [0.2, 0.25) is 0 Å². The van der Waals surface area contributed by atoms with Gasteiger partial charge in [0.25, 0.3) is 0 Å². The summed E-state index contributed by atoms with van der Waals surface area (Å²) in [6.45, 7) is 6.13. The number of pyridine rings is 1. The molecule has 0 spiro atoms. The van der Waals surface area contributed by atoms with Crippen molar-refractivity contribution < 1.29 is 14.6 Å². The van der Waals surface area contributed by atoms with Crippen molar-refractivity contribution in [1.82, 2.24) is 14.8 Å². The minimum Gasteiger partial charge on any atom is -0.466 e. The van der Waals surface area contributed by atoms with Crippen LogP contribution in [0, 0.1) is 5.92 Å². The Morgan fingerprint density at radius 3 is 2.89 bits per heavy atom. The number of aryl methyl sites for hydroxylation is 2. The number of hydrogen-bond donors (Lipinski definition) is 1. The van der Waals surface area contributed by atoms with E-state index in [1.54, 1.807) is 10.9 Å². The number of aliphatic hydroxyl groups is 1. The fourth-order valence-corrected chi connectivity index (χ4v) is 3.96. The monoisotopic (exact) mass is 386 g/mol. The summed E-state index contributed by atoms with van der Waals surface area (Å²) in [5.74, 6) is 0.211. The average Bonchev–Trinajstić information content (AvgIpc) is 3.08. The number of nitrogens with zero attached hydrogens (tertiary/aromatic N) is 4. The molecule has 1 unspecified atom stereocenters. The third-order valence-electron chi connectivity index (χ3n) is 5.39. The number of hydrogen-bond acceptors (Lipinski definition) is 6. The first-order valence-corrected chi connectivity index (χ1v) is 10.1. The van der Waals surface area contributed by atoms with Crippen molar-refractivity contribution in [1.29, 1.82) is 0 Å². The molecule has 1 N–H and O–H groups in total. The van der Waals surface area contributed by atoms with Gasteiger partial charge in [-0.3, -0.25) is 14.5 Å². The number of rotatable bonds is 7. The van der Waals surface area contributed by atoms with Crippen LogP contribution >= 0.6 is 0 Å². The highest BCUT2D eigenvalue weighted by Crippen LogP contribution is 2.30. The summed E-state index contributed by atoms with van der Waals surface area (Å²) >= 11 is 0. The molecule has 7 heteroatoms. The summed E-state index contributed by atoms with van der Waals surface area (Å²) in [5, 5.41) is 13.9. The second kappa shape index (κ2) is 9.19. The van der Waals surface area contributed by atoms with Gasteiger partial charge in [-0.05, 0) is 44.2 Å². The maximum Gasteiger partial charge on any atom is 0.306 e. The van der Waals surface area contributed by atoms with Crippen LogP contribution in [0.2, 0.25) is 0 Å². The van der Waals surface area contributed by atoms with E-state index in [2.05, 4.69) is 23.0 Å². The second-order valence-corrected chi connectivity index (χ2v) is 7.27. The topological polar surface area (TPSA) is 80.5 Å². The summed E-state index contributed by atoms with van der Waals surface area (Å²) in [7, 11) is 1.82. The van der Waals surface area contributed by atoms with Crippen LogP contribution < -0.4 is 4.90 Å². The van der Waals surface area contributed by atoms with Gasteiger partial charge in [0.15, 0.2) is 0 Å². The lowest BCUT2D eigenvalue weighted by atomic mass is 9.94. The molecule has 1 atom stereocenters. The van der Waals surface area contributed by atoms with Crippen LogP contribution in [0.1, 0.15) is 44.5 Å². The predicted octanol–water partition coefficient (Wildman–Crippen LogP) is 2.71. The summed E-state index contributed by atoms with van der Waals surface area (Å²) in [5.41, 5.74) is 4.62. The number of piperidine rings is 1. The van der Waals surface area contributed by atoms with Crippen molar-refractivity contribution in [2.45, 2.75) is 46.1 Å². The van der Waals surface area contributed by atoms with Gasteiger partial charge >= 0.3 is 5.97 Å². The van der Waals surface area contributed by atoms with Gasteiger partial charge < -0.3 is 14.7 Å². The first-order valence-electron chi connectivity index (χ1n) is 10.1. The standard InChI is InChI=1S/C21H30N4O3/c1-4-17-19(25-10-6-7-15(13-25)11-21(27)28-5-2)9-8-18(23-17)16-12-22-24(3)20(16)14-26/h8-9,12,15,26H,4-7,10-11,13-14H2,1-3H3. The highest BCUT2D eigenvalue weighted by atomic mass is 16.5. The summed E-state index contributed by atoms with van der Waals surface area (Å²) < 4.78 is 6.80. The van der Waals surface area contributed by atoms with Crippen molar-refractivity contribution in [2.75, 3.05) is 24.6 Å². The molecule has 0 bridgehead atoms. The van der Waals surface area contributed by atoms with Crippen LogP contribution in [0.15, 0.2) is 18.3 Å². The Labute approximate surface area is 166 Å². The van der Waals surface area contributed by atoms with Gasteiger partial charge in [0.05, 0.1) is 48.6 Å². The zero-order valence-corrected chi connectivity index (χ0v) is 17.0. The Bertz CT molecular complexity index is 818. The summed E-state index contributed by atoms with van der Waals surface area (Å²) in [4.78, 5) is 19.1. The van der Waals surface area contributed by atoms with Crippen molar-refractivity contribution in [3.05, 3.63) is 29.7 Å². The van der Waals surface area contributed by atoms with Crippen LogP contribution in [0.5, 0.6) is 0 Å². The number of ether oxygens (including phenoxy) is 1. The van der Waals surface area contributed by atoms with E-state index in [1.165, 1.54) is 0 Å². The van der Waals surface area contributed by atoms with E-state index in [0.717, 1.165) is 60.7 Å². The van der Waals surface area contributed by atoms with Gasteiger partial charge in [-0.2, -0.15) is 5.10 Å². The minimum atomic E-state index is -0.105. The minimum absolute atomic E-state index is 0.0710.